The molecule has 14 heavy (non-hydrogen) atoms. The molecule has 0 aromatic heterocycles. The Kier molecular flexibility index (Phi) is 6.06. The molecule has 1 atom stereocenters. The van der Waals surface area contributed by atoms with Crippen molar-refractivity contribution < 1.29 is 5.11 Å². The van der Waals surface area contributed by atoms with E-state index in [1.165, 1.54) is 5.57 Å². The Labute approximate surface area is 94.8 Å². The number of halogens is 1. The average molecular weight is 260 g/mol. The van der Waals surface area contributed by atoms with Crippen LogP contribution in [0.15, 0.2) is 11.6 Å². The van der Waals surface area contributed by atoms with E-state index in [0.717, 1.165) is 12.8 Å². The third kappa shape index (κ3) is 6.17. The number of nitriles is 1. The van der Waals surface area contributed by atoms with E-state index in [1.54, 1.807) is 13.8 Å². The van der Waals surface area contributed by atoms with Crippen molar-refractivity contribution >= 4 is 15.9 Å². The minimum absolute atomic E-state index is 0.0976. The average Bonchev–Trinajstić information content (AvgIpc) is 2.09. The van der Waals surface area contributed by atoms with Crippen molar-refractivity contribution in [2.75, 3.05) is 0 Å². The van der Waals surface area contributed by atoms with Crippen LogP contribution in [0.1, 0.15) is 40.0 Å². The Balaban J connectivity index is 3.90. The molecule has 0 amide bonds. The van der Waals surface area contributed by atoms with Crippen LogP contribution < -0.4 is 0 Å². The Hall–Kier alpha value is -0.330. The van der Waals surface area contributed by atoms with Gasteiger partial charge in [0.05, 0.1) is 18.1 Å². The Morgan fingerprint density at radius 2 is 2.21 bits per heavy atom. The van der Waals surface area contributed by atoms with Crippen LogP contribution >= 0.6 is 15.9 Å². The van der Waals surface area contributed by atoms with Gasteiger partial charge in [-0.15, -0.1) is 0 Å². The molecule has 0 saturated carbocycles. The lowest BCUT2D eigenvalue weighted by Crippen LogP contribution is -2.31. The maximum absolute atomic E-state index is 9.66. The summed E-state index contributed by atoms with van der Waals surface area (Å²) in [5.74, 6) is 0. The molecule has 0 aromatic rings. The summed E-state index contributed by atoms with van der Waals surface area (Å²) in [5, 5.41) is 18.0. The quantitative estimate of drug-likeness (QED) is 0.609. The highest BCUT2D eigenvalue weighted by atomic mass is 79.9. The lowest BCUT2D eigenvalue weighted by Gasteiger charge is -2.24. The van der Waals surface area contributed by atoms with Gasteiger partial charge < -0.3 is 5.11 Å². The fourth-order valence-corrected chi connectivity index (χ4v) is 1.26. The predicted molar refractivity (Wildman–Crippen MR) is 62.2 cm³/mol. The first kappa shape index (κ1) is 13.7. The summed E-state index contributed by atoms with van der Waals surface area (Å²) in [5.41, 5.74) is 0.524. The lowest BCUT2D eigenvalue weighted by atomic mass is 9.99. The summed E-state index contributed by atoms with van der Waals surface area (Å²) in [4.78, 5) is 0.0976. The Morgan fingerprint density at radius 1 is 1.64 bits per heavy atom. The molecule has 0 rings (SSSR count). The molecule has 0 fully saturated rings. The fraction of sp³-hybridized carbons (Fsp3) is 0.727. The number of rotatable bonds is 5. The van der Waals surface area contributed by atoms with Gasteiger partial charge in [0.15, 0.2) is 0 Å². The van der Waals surface area contributed by atoms with Gasteiger partial charge in [0, 0.05) is 4.83 Å². The van der Waals surface area contributed by atoms with Crippen LogP contribution in [0.5, 0.6) is 0 Å². The molecule has 1 unspecified atom stereocenters. The van der Waals surface area contributed by atoms with Crippen LogP contribution in [0.2, 0.25) is 0 Å². The zero-order valence-corrected chi connectivity index (χ0v) is 10.6. The zero-order valence-electron chi connectivity index (χ0n) is 9.05. The van der Waals surface area contributed by atoms with Gasteiger partial charge in [-0.05, 0) is 33.6 Å². The van der Waals surface area contributed by atoms with Gasteiger partial charge >= 0.3 is 0 Å². The highest BCUT2D eigenvalue weighted by Gasteiger charge is 2.23. The molecule has 0 radical (unpaired) electrons. The van der Waals surface area contributed by atoms with E-state index >= 15 is 0 Å². The van der Waals surface area contributed by atoms with Crippen LogP contribution in [0.25, 0.3) is 0 Å². The lowest BCUT2D eigenvalue weighted by molar-refractivity contribution is 0.0774. The molecule has 0 aliphatic rings. The SMILES string of the molecule is C/C(=C\CC#N)CCC(Br)C(C)(C)O. The number of alkyl halides is 1. The van der Waals surface area contributed by atoms with E-state index in [1.807, 2.05) is 13.0 Å². The van der Waals surface area contributed by atoms with Crippen molar-refractivity contribution in [2.24, 2.45) is 0 Å². The predicted octanol–water partition coefficient (Wildman–Crippen LogP) is 3.16. The molecule has 0 aromatic carbocycles. The van der Waals surface area contributed by atoms with Gasteiger partial charge in [-0.25, -0.2) is 0 Å². The maximum Gasteiger partial charge on any atom is 0.0716 e. The summed E-state index contributed by atoms with van der Waals surface area (Å²) < 4.78 is 0. The van der Waals surface area contributed by atoms with E-state index in [2.05, 4.69) is 22.0 Å². The van der Waals surface area contributed by atoms with Gasteiger partial charge in [0.2, 0.25) is 0 Å². The first-order chi connectivity index (χ1) is 6.38. The van der Waals surface area contributed by atoms with Crippen molar-refractivity contribution in [1.82, 2.24) is 0 Å². The summed E-state index contributed by atoms with van der Waals surface area (Å²) in [6.45, 7) is 5.60. The number of allylic oxidation sites excluding steroid dienone is 2. The number of aliphatic hydroxyl groups is 1. The Bertz CT molecular complexity index is 235. The van der Waals surface area contributed by atoms with E-state index in [0.29, 0.717) is 6.42 Å². The fourth-order valence-electron chi connectivity index (χ4n) is 1.03. The second kappa shape index (κ2) is 6.21. The molecule has 1 N–H and O–H groups in total. The molecular formula is C11H18BrNO. The highest BCUT2D eigenvalue weighted by molar-refractivity contribution is 9.09. The van der Waals surface area contributed by atoms with E-state index < -0.39 is 5.60 Å². The molecule has 0 bridgehead atoms. The molecule has 0 aliphatic heterocycles. The molecule has 2 nitrogen and oxygen atoms in total. The van der Waals surface area contributed by atoms with Crippen LogP contribution in [0.3, 0.4) is 0 Å². The second-order valence-electron chi connectivity index (χ2n) is 4.07. The second-order valence-corrected chi connectivity index (χ2v) is 5.18. The minimum atomic E-state index is -0.685. The molecule has 0 aliphatic carbocycles. The van der Waals surface area contributed by atoms with Crippen molar-refractivity contribution in [2.45, 2.75) is 50.5 Å². The first-order valence-corrected chi connectivity index (χ1v) is 5.68. The summed E-state index contributed by atoms with van der Waals surface area (Å²) >= 11 is 3.45. The third-order valence-electron chi connectivity index (χ3n) is 2.10. The van der Waals surface area contributed by atoms with Crippen LogP contribution in [-0.2, 0) is 0 Å². The minimum Gasteiger partial charge on any atom is -0.389 e. The smallest absolute Gasteiger partial charge is 0.0716 e. The largest absolute Gasteiger partial charge is 0.389 e. The van der Waals surface area contributed by atoms with Crippen molar-refractivity contribution in [3.8, 4) is 6.07 Å². The first-order valence-electron chi connectivity index (χ1n) is 4.77. The maximum atomic E-state index is 9.66. The van der Waals surface area contributed by atoms with E-state index in [9.17, 15) is 5.11 Å². The van der Waals surface area contributed by atoms with Crippen LogP contribution in [0.4, 0.5) is 0 Å². The highest BCUT2D eigenvalue weighted by Crippen LogP contribution is 2.23. The third-order valence-corrected chi connectivity index (χ3v) is 3.68. The van der Waals surface area contributed by atoms with Gasteiger partial charge in [-0.1, -0.05) is 27.6 Å². The number of hydrogen-bond donors (Lipinski definition) is 1. The number of hydrogen-bond acceptors (Lipinski definition) is 2. The van der Waals surface area contributed by atoms with Crippen molar-refractivity contribution in [1.29, 1.82) is 5.26 Å². The summed E-state index contributed by atoms with van der Waals surface area (Å²) in [6, 6.07) is 2.08. The monoisotopic (exact) mass is 259 g/mol. The normalized spacial score (nSPS) is 15.0. The molecule has 3 heteroatoms. The molecule has 0 saturated heterocycles. The zero-order chi connectivity index (χ0) is 11.2. The van der Waals surface area contributed by atoms with Crippen molar-refractivity contribution in [3.05, 3.63) is 11.6 Å². The van der Waals surface area contributed by atoms with Crippen molar-refractivity contribution in [3.63, 3.8) is 0 Å². The molecule has 80 valence electrons. The Morgan fingerprint density at radius 3 is 2.64 bits per heavy atom. The van der Waals surface area contributed by atoms with E-state index in [-0.39, 0.29) is 4.83 Å². The topological polar surface area (TPSA) is 44.0 Å². The summed E-state index contributed by atoms with van der Waals surface area (Å²) in [7, 11) is 0. The summed E-state index contributed by atoms with van der Waals surface area (Å²) in [6.07, 6.45) is 4.21. The number of nitrogens with zero attached hydrogens (tertiary/aromatic N) is 1. The van der Waals surface area contributed by atoms with Gasteiger partial charge in [-0.3, -0.25) is 0 Å². The molecule has 0 spiro atoms. The standard InChI is InChI=1S/C11H18BrNO/c1-9(5-4-8-13)6-7-10(12)11(2,3)14/h5,10,14H,4,6-7H2,1-3H3/b9-5+. The van der Waals surface area contributed by atoms with Crippen LogP contribution in [-0.4, -0.2) is 15.5 Å². The molecular weight excluding hydrogens is 242 g/mol. The van der Waals surface area contributed by atoms with Crippen LogP contribution in [0, 0.1) is 11.3 Å². The van der Waals surface area contributed by atoms with E-state index in [4.69, 9.17) is 5.26 Å². The molecule has 0 heterocycles. The van der Waals surface area contributed by atoms with Gasteiger partial charge in [-0.2, -0.15) is 5.26 Å². The van der Waals surface area contributed by atoms with Gasteiger partial charge in [0.25, 0.3) is 0 Å². The van der Waals surface area contributed by atoms with Gasteiger partial charge in [0.1, 0.15) is 0 Å².